The number of fused-ring (bicyclic) bond motifs is 2. The summed E-state index contributed by atoms with van der Waals surface area (Å²) in [6.45, 7) is 1.56. The molecule has 5 rings (SSSR count). The Morgan fingerprint density at radius 1 is 0.839 bits per heavy atom. The van der Waals surface area contributed by atoms with Gasteiger partial charge in [-0.2, -0.15) is 0 Å². The second kappa shape index (κ2) is 7.64. The molecule has 4 aromatic rings. The molecule has 0 saturated carbocycles. The Bertz CT molecular complexity index is 1370. The summed E-state index contributed by atoms with van der Waals surface area (Å²) in [7, 11) is -4.09. The first-order chi connectivity index (χ1) is 15.0. The predicted octanol–water partition coefficient (Wildman–Crippen LogP) is 5.96. The molecule has 0 unspecified atom stereocenters. The molecular formula is C24H22F2N2O2S. The summed E-state index contributed by atoms with van der Waals surface area (Å²) in [5, 5.41) is 1.67. The van der Waals surface area contributed by atoms with Gasteiger partial charge in [0.15, 0.2) is 0 Å². The predicted molar refractivity (Wildman–Crippen MR) is 119 cm³/mol. The van der Waals surface area contributed by atoms with Crippen LogP contribution in [0.5, 0.6) is 0 Å². The van der Waals surface area contributed by atoms with E-state index in [4.69, 9.17) is 0 Å². The quantitative estimate of drug-likeness (QED) is 0.393. The molecule has 0 bridgehead atoms. The Balaban J connectivity index is 1.77. The van der Waals surface area contributed by atoms with Crippen LogP contribution in [0.15, 0.2) is 71.8 Å². The van der Waals surface area contributed by atoms with Gasteiger partial charge in [0.05, 0.1) is 10.4 Å². The Labute approximate surface area is 179 Å². The number of aromatic nitrogens is 1. The Morgan fingerprint density at radius 3 is 2.32 bits per heavy atom. The standard InChI is InChI=1S/C24H22F2N2O2S/c25-24(26)19-16-28(21-12-7-11-20(23(19)21)27-14-4-1-5-15-27)31(29,30)22-13-6-9-17-8-2-3-10-18(17)22/h2-3,6-13,16,24H,1,4-5,14-15H2. The summed E-state index contributed by atoms with van der Waals surface area (Å²) in [4.78, 5) is 2.19. The second-order valence-corrected chi connectivity index (χ2v) is 9.67. The number of benzene rings is 3. The zero-order chi connectivity index (χ0) is 21.6. The van der Waals surface area contributed by atoms with Crippen LogP contribution in [0.1, 0.15) is 31.3 Å². The number of anilines is 1. The number of alkyl halides is 2. The molecule has 1 aliphatic rings. The van der Waals surface area contributed by atoms with E-state index in [0.29, 0.717) is 16.5 Å². The summed E-state index contributed by atoms with van der Waals surface area (Å²) in [6, 6.07) is 17.4. The van der Waals surface area contributed by atoms with Gasteiger partial charge in [0.25, 0.3) is 16.4 Å². The first-order valence-electron chi connectivity index (χ1n) is 10.4. The van der Waals surface area contributed by atoms with E-state index in [1.54, 1.807) is 30.3 Å². The van der Waals surface area contributed by atoms with Crippen LogP contribution in [0.3, 0.4) is 0 Å². The van der Waals surface area contributed by atoms with E-state index in [1.807, 2.05) is 24.3 Å². The minimum atomic E-state index is -4.09. The fourth-order valence-corrected chi connectivity index (χ4v) is 6.15. The number of hydrogen-bond donors (Lipinski definition) is 0. The number of piperidine rings is 1. The smallest absolute Gasteiger partial charge is 0.268 e. The van der Waals surface area contributed by atoms with Crippen molar-refractivity contribution in [2.45, 2.75) is 30.6 Å². The molecule has 0 radical (unpaired) electrons. The third-order valence-electron chi connectivity index (χ3n) is 6.02. The van der Waals surface area contributed by atoms with Crippen molar-refractivity contribution in [3.8, 4) is 0 Å². The van der Waals surface area contributed by atoms with Crippen molar-refractivity contribution in [3.05, 3.63) is 72.4 Å². The molecule has 1 aliphatic heterocycles. The third kappa shape index (κ3) is 3.28. The molecule has 0 N–H and O–H groups in total. The third-order valence-corrected chi connectivity index (χ3v) is 7.75. The Hall–Kier alpha value is -2.93. The van der Waals surface area contributed by atoms with Crippen molar-refractivity contribution in [1.82, 2.24) is 3.97 Å². The van der Waals surface area contributed by atoms with Crippen LogP contribution in [0.25, 0.3) is 21.7 Å². The van der Waals surface area contributed by atoms with Crippen LogP contribution < -0.4 is 4.90 Å². The zero-order valence-electron chi connectivity index (χ0n) is 16.8. The van der Waals surface area contributed by atoms with Crippen molar-refractivity contribution in [1.29, 1.82) is 0 Å². The lowest BCUT2D eigenvalue weighted by molar-refractivity contribution is 0.153. The summed E-state index contributed by atoms with van der Waals surface area (Å²) >= 11 is 0. The van der Waals surface area contributed by atoms with Crippen LogP contribution >= 0.6 is 0 Å². The molecular weight excluding hydrogens is 418 g/mol. The lowest BCUT2D eigenvalue weighted by Crippen LogP contribution is -2.29. The van der Waals surface area contributed by atoms with Crippen LogP contribution in [0, 0.1) is 0 Å². The first kappa shape index (κ1) is 20.0. The van der Waals surface area contributed by atoms with E-state index in [2.05, 4.69) is 4.90 Å². The molecule has 1 saturated heterocycles. The number of halogens is 2. The molecule has 0 aliphatic carbocycles. The average molecular weight is 441 g/mol. The van der Waals surface area contributed by atoms with Crippen LogP contribution in [0.4, 0.5) is 14.5 Å². The normalized spacial score (nSPS) is 15.3. The molecule has 3 aromatic carbocycles. The molecule has 4 nitrogen and oxygen atoms in total. The van der Waals surface area contributed by atoms with Gasteiger partial charge in [-0.05, 0) is 42.8 Å². The molecule has 2 heterocycles. The molecule has 0 amide bonds. The van der Waals surface area contributed by atoms with Gasteiger partial charge in [0, 0.05) is 41.3 Å². The summed E-state index contributed by atoms with van der Waals surface area (Å²) in [5.74, 6) is 0. The van der Waals surface area contributed by atoms with Gasteiger partial charge in [-0.1, -0.05) is 42.5 Å². The summed E-state index contributed by atoms with van der Waals surface area (Å²) in [5.41, 5.74) is 0.714. The summed E-state index contributed by atoms with van der Waals surface area (Å²) < 4.78 is 56.6. The molecule has 0 spiro atoms. The Kier molecular flexibility index (Phi) is 4.93. The van der Waals surface area contributed by atoms with E-state index < -0.39 is 16.4 Å². The highest BCUT2D eigenvalue weighted by Crippen LogP contribution is 2.39. The molecule has 0 atom stereocenters. The van der Waals surface area contributed by atoms with Gasteiger partial charge in [-0.3, -0.25) is 0 Å². The highest BCUT2D eigenvalue weighted by atomic mass is 32.2. The van der Waals surface area contributed by atoms with Gasteiger partial charge >= 0.3 is 0 Å². The van der Waals surface area contributed by atoms with Crippen LogP contribution in [-0.2, 0) is 10.0 Å². The van der Waals surface area contributed by atoms with Gasteiger partial charge in [0.2, 0.25) is 0 Å². The van der Waals surface area contributed by atoms with Crippen LogP contribution in [-0.4, -0.2) is 25.5 Å². The average Bonchev–Trinajstić information content (AvgIpc) is 3.20. The van der Waals surface area contributed by atoms with Gasteiger partial charge in [-0.25, -0.2) is 21.2 Å². The van der Waals surface area contributed by atoms with Crippen molar-refractivity contribution in [2.24, 2.45) is 0 Å². The van der Waals surface area contributed by atoms with Gasteiger partial charge in [0.1, 0.15) is 0 Å². The molecule has 1 fully saturated rings. The van der Waals surface area contributed by atoms with Crippen molar-refractivity contribution in [3.63, 3.8) is 0 Å². The van der Waals surface area contributed by atoms with Crippen molar-refractivity contribution < 1.29 is 17.2 Å². The van der Waals surface area contributed by atoms with E-state index >= 15 is 0 Å². The van der Waals surface area contributed by atoms with E-state index in [9.17, 15) is 17.2 Å². The maximum atomic E-state index is 14.1. The SMILES string of the molecule is O=S(=O)(c1cccc2ccccc12)n1cc(C(F)F)c2c(N3CCCCC3)cccc21. The number of nitrogens with zero attached hydrogens (tertiary/aromatic N) is 2. The van der Waals surface area contributed by atoms with Gasteiger partial charge < -0.3 is 4.90 Å². The molecule has 31 heavy (non-hydrogen) atoms. The second-order valence-electron chi connectivity index (χ2n) is 7.88. The molecule has 160 valence electrons. The topological polar surface area (TPSA) is 42.3 Å². The van der Waals surface area contributed by atoms with Gasteiger partial charge in [-0.15, -0.1) is 0 Å². The first-order valence-corrected chi connectivity index (χ1v) is 11.8. The largest absolute Gasteiger partial charge is 0.371 e. The fourth-order valence-electron chi connectivity index (χ4n) is 4.56. The molecule has 7 heteroatoms. The minimum absolute atomic E-state index is 0.103. The summed E-state index contributed by atoms with van der Waals surface area (Å²) in [6.07, 6.45) is 1.42. The lowest BCUT2D eigenvalue weighted by atomic mass is 10.1. The zero-order valence-corrected chi connectivity index (χ0v) is 17.7. The number of rotatable bonds is 4. The number of hydrogen-bond acceptors (Lipinski definition) is 3. The van der Waals surface area contributed by atoms with Crippen molar-refractivity contribution >= 4 is 37.4 Å². The highest BCUT2D eigenvalue weighted by Gasteiger charge is 2.28. The van der Waals surface area contributed by atoms with Crippen LogP contribution in [0.2, 0.25) is 0 Å². The Morgan fingerprint density at radius 2 is 1.55 bits per heavy atom. The van der Waals surface area contributed by atoms with E-state index in [0.717, 1.165) is 47.9 Å². The van der Waals surface area contributed by atoms with E-state index in [1.165, 1.54) is 6.07 Å². The maximum Gasteiger partial charge on any atom is 0.268 e. The van der Waals surface area contributed by atoms with E-state index in [-0.39, 0.29) is 16.0 Å². The fraction of sp³-hybridized carbons (Fsp3) is 0.250. The lowest BCUT2D eigenvalue weighted by Gasteiger charge is -2.29. The monoisotopic (exact) mass is 440 g/mol. The highest BCUT2D eigenvalue weighted by molar-refractivity contribution is 7.90. The van der Waals surface area contributed by atoms with Crippen molar-refractivity contribution in [2.75, 3.05) is 18.0 Å². The maximum absolute atomic E-state index is 14.1. The minimum Gasteiger partial charge on any atom is -0.371 e. The molecule has 1 aromatic heterocycles.